The molecular formula is C8H18ClN3O. The SMILES string of the molecule is CC(N)C(=O)N1CCN(C)CC1.Cl. The zero-order valence-corrected chi connectivity index (χ0v) is 9.01. The Morgan fingerprint density at radius 2 is 1.77 bits per heavy atom. The fourth-order valence-electron chi connectivity index (χ4n) is 1.31. The molecule has 1 aliphatic heterocycles. The second-order valence-corrected chi connectivity index (χ2v) is 3.42. The normalized spacial score (nSPS) is 20.7. The summed E-state index contributed by atoms with van der Waals surface area (Å²) in [6, 6.07) is -0.353. The van der Waals surface area contributed by atoms with Gasteiger partial charge in [-0.3, -0.25) is 4.79 Å². The molecule has 1 saturated heterocycles. The topological polar surface area (TPSA) is 49.6 Å². The van der Waals surface area contributed by atoms with Gasteiger partial charge in [-0.05, 0) is 14.0 Å². The number of hydrogen-bond acceptors (Lipinski definition) is 3. The van der Waals surface area contributed by atoms with Crippen LogP contribution in [0.5, 0.6) is 0 Å². The molecule has 1 aliphatic rings. The van der Waals surface area contributed by atoms with Crippen LogP contribution in [0.3, 0.4) is 0 Å². The first kappa shape index (κ1) is 12.7. The van der Waals surface area contributed by atoms with Crippen molar-refractivity contribution in [2.24, 2.45) is 5.73 Å². The maximum absolute atomic E-state index is 11.4. The molecular weight excluding hydrogens is 190 g/mol. The lowest BCUT2D eigenvalue weighted by Crippen LogP contribution is -2.51. The van der Waals surface area contributed by atoms with Gasteiger partial charge in [0, 0.05) is 26.2 Å². The van der Waals surface area contributed by atoms with E-state index in [0.717, 1.165) is 26.2 Å². The summed E-state index contributed by atoms with van der Waals surface area (Å²) in [5, 5.41) is 0. The minimum Gasteiger partial charge on any atom is -0.339 e. The summed E-state index contributed by atoms with van der Waals surface area (Å²) < 4.78 is 0. The van der Waals surface area contributed by atoms with E-state index in [2.05, 4.69) is 11.9 Å². The van der Waals surface area contributed by atoms with Gasteiger partial charge in [0.25, 0.3) is 0 Å². The van der Waals surface area contributed by atoms with Gasteiger partial charge in [0.1, 0.15) is 0 Å². The molecule has 0 aromatic heterocycles. The van der Waals surface area contributed by atoms with E-state index in [-0.39, 0.29) is 24.4 Å². The number of nitrogens with two attached hydrogens (primary N) is 1. The van der Waals surface area contributed by atoms with Crippen molar-refractivity contribution in [1.29, 1.82) is 0 Å². The van der Waals surface area contributed by atoms with Crippen LogP contribution in [0.1, 0.15) is 6.92 Å². The van der Waals surface area contributed by atoms with E-state index < -0.39 is 0 Å². The van der Waals surface area contributed by atoms with E-state index in [1.807, 2.05) is 4.90 Å². The van der Waals surface area contributed by atoms with Crippen molar-refractivity contribution in [3.8, 4) is 0 Å². The van der Waals surface area contributed by atoms with Crippen LogP contribution in [0.25, 0.3) is 0 Å². The molecule has 2 N–H and O–H groups in total. The molecule has 5 heteroatoms. The number of carbonyl (C=O) groups excluding carboxylic acids is 1. The molecule has 1 unspecified atom stereocenters. The van der Waals surface area contributed by atoms with Gasteiger partial charge < -0.3 is 15.5 Å². The predicted molar refractivity (Wildman–Crippen MR) is 55.0 cm³/mol. The monoisotopic (exact) mass is 207 g/mol. The van der Waals surface area contributed by atoms with Gasteiger partial charge in [0.05, 0.1) is 6.04 Å². The molecule has 1 atom stereocenters. The molecule has 1 heterocycles. The largest absolute Gasteiger partial charge is 0.339 e. The summed E-state index contributed by atoms with van der Waals surface area (Å²) in [5.41, 5.74) is 5.50. The second kappa shape index (κ2) is 5.42. The summed E-state index contributed by atoms with van der Waals surface area (Å²) in [7, 11) is 2.06. The molecule has 78 valence electrons. The smallest absolute Gasteiger partial charge is 0.239 e. The molecule has 0 radical (unpaired) electrons. The molecule has 13 heavy (non-hydrogen) atoms. The third-order valence-electron chi connectivity index (χ3n) is 2.20. The minimum absolute atomic E-state index is 0. The first-order valence-electron chi connectivity index (χ1n) is 4.34. The molecule has 1 fully saturated rings. The van der Waals surface area contributed by atoms with Crippen molar-refractivity contribution in [3.05, 3.63) is 0 Å². The highest BCUT2D eigenvalue weighted by atomic mass is 35.5. The molecule has 1 rings (SSSR count). The Labute approximate surface area is 85.5 Å². The molecule has 0 aromatic carbocycles. The van der Waals surface area contributed by atoms with Crippen molar-refractivity contribution in [2.45, 2.75) is 13.0 Å². The highest BCUT2D eigenvalue weighted by Crippen LogP contribution is 2.00. The Bertz CT molecular complexity index is 167. The molecule has 0 aliphatic carbocycles. The fourth-order valence-corrected chi connectivity index (χ4v) is 1.31. The number of piperazine rings is 1. The zero-order chi connectivity index (χ0) is 9.14. The van der Waals surface area contributed by atoms with Crippen LogP contribution < -0.4 is 5.73 Å². The van der Waals surface area contributed by atoms with Crippen LogP contribution in [0.15, 0.2) is 0 Å². The summed E-state index contributed by atoms with van der Waals surface area (Å²) in [6.07, 6.45) is 0. The van der Waals surface area contributed by atoms with Crippen LogP contribution in [0.4, 0.5) is 0 Å². The van der Waals surface area contributed by atoms with Crippen molar-refractivity contribution in [2.75, 3.05) is 33.2 Å². The Hall–Kier alpha value is -0.320. The van der Waals surface area contributed by atoms with E-state index in [4.69, 9.17) is 5.73 Å². The minimum atomic E-state index is -0.353. The van der Waals surface area contributed by atoms with Gasteiger partial charge in [0.15, 0.2) is 0 Å². The maximum atomic E-state index is 11.4. The van der Waals surface area contributed by atoms with E-state index in [1.54, 1.807) is 6.92 Å². The van der Waals surface area contributed by atoms with Gasteiger partial charge in [-0.1, -0.05) is 0 Å². The van der Waals surface area contributed by atoms with Gasteiger partial charge >= 0.3 is 0 Å². The summed E-state index contributed by atoms with van der Waals surface area (Å²) in [4.78, 5) is 15.4. The lowest BCUT2D eigenvalue weighted by Gasteiger charge is -2.33. The Morgan fingerprint density at radius 1 is 1.31 bits per heavy atom. The number of carbonyl (C=O) groups is 1. The maximum Gasteiger partial charge on any atom is 0.239 e. The predicted octanol–water partition coefficient (Wildman–Crippen LogP) is -0.471. The lowest BCUT2D eigenvalue weighted by molar-refractivity contribution is -0.133. The standard InChI is InChI=1S/C8H17N3O.ClH/c1-7(9)8(12)11-5-3-10(2)4-6-11;/h7H,3-6,9H2,1-2H3;1H. The number of halogens is 1. The average Bonchev–Trinajstić information content (AvgIpc) is 2.04. The molecule has 4 nitrogen and oxygen atoms in total. The molecule has 1 amide bonds. The molecule has 0 bridgehead atoms. The fraction of sp³-hybridized carbons (Fsp3) is 0.875. The second-order valence-electron chi connectivity index (χ2n) is 3.42. The van der Waals surface area contributed by atoms with Crippen LogP contribution in [-0.4, -0.2) is 55.0 Å². The van der Waals surface area contributed by atoms with Gasteiger partial charge in [-0.2, -0.15) is 0 Å². The zero-order valence-electron chi connectivity index (χ0n) is 8.19. The van der Waals surface area contributed by atoms with Crippen LogP contribution in [0.2, 0.25) is 0 Å². The van der Waals surface area contributed by atoms with Crippen molar-refractivity contribution in [3.63, 3.8) is 0 Å². The van der Waals surface area contributed by atoms with E-state index in [9.17, 15) is 4.79 Å². The van der Waals surface area contributed by atoms with Gasteiger partial charge in [0.2, 0.25) is 5.91 Å². The number of amides is 1. The highest BCUT2D eigenvalue weighted by Gasteiger charge is 2.20. The first-order chi connectivity index (χ1) is 5.61. The van der Waals surface area contributed by atoms with Crippen LogP contribution in [-0.2, 0) is 4.79 Å². The van der Waals surface area contributed by atoms with Crippen LogP contribution >= 0.6 is 12.4 Å². The third-order valence-corrected chi connectivity index (χ3v) is 2.20. The van der Waals surface area contributed by atoms with E-state index in [0.29, 0.717) is 0 Å². The number of nitrogens with zero attached hydrogens (tertiary/aromatic N) is 2. The van der Waals surface area contributed by atoms with Crippen molar-refractivity contribution >= 4 is 18.3 Å². The van der Waals surface area contributed by atoms with E-state index >= 15 is 0 Å². The van der Waals surface area contributed by atoms with Crippen LogP contribution in [0, 0.1) is 0 Å². The summed E-state index contributed by atoms with van der Waals surface area (Å²) >= 11 is 0. The van der Waals surface area contributed by atoms with Gasteiger partial charge in [-0.15, -0.1) is 12.4 Å². The third kappa shape index (κ3) is 3.50. The van der Waals surface area contributed by atoms with Crippen molar-refractivity contribution in [1.82, 2.24) is 9.80 Å². The number of rotatable bonds is 1. The summed E-state index contributed by atoms with van der Waals surface area (Å²) in [5.74, 6) is 0.0723. The Kier molecular flexibility index (Phi) is 5.29. The Balaban J connectivity index is 0.00000144. The molecule has 0 saturated carbocycles. The highest BCUT2D eigenvalue weighted by molar-refractivity contribution is 5.85. The van der Waals surface area contributed by atoms with Crippen molar-refractivity contribution < 1.29 is 4.79 Å². The quantitative estimate of drug-likeness (QED) is 0.633. The average molecular weight is 208 g/mol. The number of likely N-dealkylation sites (N-methyl/N-ethyl adjacent to an activating group) is 1. The lowest BCUT2D eigenvalue weighted by atomic mass is 10.2. The number of hydrogen-bond donors (Lipinski definition) is 1. The summed E-state index contributed by atoms with van der Waals surface area (Å²) in [6.45, 7) is 5.28. The molecule has 0 aromatic rings. The van der Waals surface area contributed by atoms with E-state index in [1.165, 1.54) is 0 Å². The Morgan fingerprint density at radius 3 is 2.15 bits per heavy atom. The van der Waals surface area contributed by atoms with Gasteiger partial charge in [-0.25, -0.2) is 0 Å². The first-order valence-corrected chi connectivity index (χ1v) is 4.34. The molecule has 0 spiro atoms.